The lowest BCUT2D eigenvalue weighted by Gasteiger charge is -2.45. The predicted octanol–water partition coefficient (Wildman–Crippen LogP) is 0.528. The van der Waals surface area contributed by atoms with E-state index >= 15 is 0 Å². The van der Waals surface area contributed by atoms with Crippen LogP contribution >= 0.6 is 0 Å². The zero-order valence-electron chi connectivity index (χ0n) is 13.8. The van der Waals surface area contributed by atoms with Crippen LogP contribution in [0.25, 0.3) is 0 Å². The molecular weight excluding hydrogens is 312 g/mol. The molecule has 130 valence electrons. The lowest BCUT2D eigenvalue weighted by Crippen LogP contribution is -2.69. The first kappa shape index (κ1) is 18.1. The number of ether oxygens (including phenoxy) is 2. The number of hydrogen-bond acceptors (Lipinski definition) is 6. The molecule has 0 spiro atoms. The molecule has 2 atom stereocenters. The molecule has 7 nitrogen and oxygen atoms in total. The van der Waals surface area contributed by atoms with Crippen molar-refractivity contribution in [2.75, 3.05) is 13.2 Å². The fourth-order valence-electron chi connectivity index (χ4n) is 2.41. The van der Waals surface area contributed by atoms with Crippen molar-refractivity contribution in [1.82, 2.24) is 4.90 Å². The Kier molecular flexibility index (Phi) is 6.08. The molecule has 1 aliphatic heterocycles. The minimum Gasteiger partial charge on any atom is -0.456 e. The highest BCUT2D eigenvalue weighted by Crippen LogP contribution is 2.28. The number of nitrogens with zero attached hydrogens (tertiary/aromatic N) is 1. The van der Waals surface area contributed by atoms with Crippen LogP contribution in [0.15, 0.2) is 41.6 Å². The van der Waals surface area contributed by atoms with E-state index in [9.17, 15) is 9.59 Å². The fourth-order valence-corrected chi connectivity index (χ4v) is 2.41. The van der Waals surface area contributed by atoms with Crippen LogP contribution in [-0.4, -0.2) is 47.4 Å². The number of likely N-dealkylation sites (tertiary alicyclic amines) is 1. The summed E-state index contributed by atoms with van der Waals surface area (Å²) in [5.41, 5.74) is 7.32. The smallest absolute Gasteiger partial charge is 0.355 e. The number of hydrogen-bond donors (Lipinski definition) is 2. The summed E-state index contributed by atoms with van der Waals surface area (Å²) >= 11 is 0. The average Bonchev–Trinajstić information content (AvgIpc) is 2.59. The van der Waals surface area contributed by atoms with E-state index in [4.69, 9.17) is 20.3 Å². The molecule has 0 aliphatic carbocycles. The van der Waals surface area contributed by atoms with E-state index in [2.05, 4.69) is 0 Å². The molecule has 0 saturated carbocycles. The minimum atomic E-state index is -0.854. The van der Waals surface area contributed by atoms with Gasteiger partial charge in [-0.3, -0.25) is 9.69 Å². The Hall–Kier alpha value is -2.22. The number of esters is 1. The van der Waals surface area contributed by atoms with E-state index in [0.29, 0.717) is 5.57 Å². The van der Waals surface area contributed by atoms with Crippen molar-refractivity contribution >= 4 is 11.9 Å². The molecule has 2 rings (SSSR count). The molecular formula is C17H22N2O5. The highest BCUT2D eigenvalue weighted by atomic mass is 16.5. The number of β-lactam (4-membered cyclic amide) rings is 1. The van der Waals surface area contributed by atoms with Crippen LogP contribution in [0.1, 0.15) is 19.4 Å². The fraction of sp³-hybridized carbons (Fsp3) is 0.412. The van der Waals surface area contributed by atoms with Gasteiger partial charge >= 0.3 is 5.97 Å². The maximum Gasteiger partial charge on any atom is 0.355 e. The third kappa shape index (κ3) is 3.81. The standard InChI is InChI=1S/C17H22N2O5/c1-11(2)14(17(22)24-10-12-6-4-3-5-7-12)19-15(21)13(18)16(19)23-9-8-20/h3-7,13,16,20H,8-10,18H2,1-2H3. The number of aliphatic hydroxyl groups excluding tert-OH is 1. The zero-order valence-corrected chi connectivity index (χ0v) is 13.8. The largest absolute Gasteiger partial charge is 0.456 e. The van der Waals surface area contributed by atoms with Gasteiger partial charge in [-0.1, -0.05) is 30.3 Å². The van der Waals surface area contributed by atoms with Gasteiger partial charge in [-0.2, -0.15) is 0 Å². The highest BCUT2D eigenvalue weighted by molar-refractivity contribution is 5.99. The van der Waals surface area contributed by atoms with E-state index in [0.717, 1.165) is 5.56 Å². The molecule has 1 fully saturated rings. The Balaban J connectivity index is 2.10. The van der Waals surface area contributed by atoms with Crippen molar-refractivity contribution in [3.05, 3.63) is 47.2 Å². The molecule has 1 aromatic carbocycles. The van der Waals surface area contributed by atoms with Gasteiger partial charge in [0.1, 0.15) is 18.3 Å². The number of aliphatic hydroxyl groups is 1. The molecule has 2 unspecified atom stereocenters. The van der Waals surface area contributed by atoms with Crippen molar-refractivity contribution in [2.24, 2.45) is 5.73 Å². The average molecular weight is 334 g/mol. The second-order valence-electron chi connectivity index (χ2n) is 5.63. The van der Waals surface area contributed by atoms with Gasteiger partial charge in [-0.25, -0.2) is 4.79 Å². The summed E-state index contributed by atoms with van der Waals surface area (Å²) in [6.45, 7) is 3.34. The van der Waals surface area contributed by atoms with Crippen LogP contribution in [0.4, 0.5) is 0 Å². The second-order valence-corrected chi connectivity index (χ2v) is 5.63. The SMILES string of the molecule is CC(C)=C(C(=O)OCc1ccccc1)N1C(=O)C(N)C1OCCO. The highest BCUT2D eigenvalue weighted by Gasteiger charge is 2.49. The van der Waals surface area contributed by atoms with Crippen LogP contribution < -0.4 is 5.73 Å². The van der Waals surface area contributed by atoms with Crippen LogP contribution in [-0.2, 0) is 25.7 Å². The molecule has 1 aromatic rings. The monoisotopic (exact) mass is 334 g/mol. The maximum absolute atomic E-state index is 12.4. The van der Waals surface area contributed by atoms with E-state index < -0.39 is 24.1 Å². The van der Waals surface area contributed by atoms with Gasteiger partial charge in [-0.05, 0) is 25.0 Å². The first-order valence-corrected chi connectivity index (χ1v) is 7.67. The van der Waals surface area contributed by atoms with Gasteiger partial charge in [0.15, 0.2) is 6.23 Å². The van der Waals surface area contributed by atoms with E-state index in [1.165, 1.54) is 4.90 Å². The van der Waals surface area contributed by atoms with Gasteiger partial charge < -0.3 is 20.3 Å². The molecule has 0 aromatic heterocycles. The normalized spacial score (nSPS) is 19.7. The molecule has 3 N–H and O–H groups in total. The summed E-state index contributed by atoms with van der Waals surface area (Å²) in [5, 5.41) is 8.87. The maximum atomic E-state index is 12.4. The summed E-state index contributed by atoms with van der Waals surface area (Å²) in [6.07, 6.45) is -0.779. The number of carbonyl (C=O) groups is 2. The van der Waals surface area contributed by atoms with Crippen LogP contribution in [0, 0.1) is 0 Å². The molecule has 1 amide bonds. The van der Waals surface area contributed by atoms with Crippen molar-refractivity contribution in [1.29, 1.82) is 0 Å². The number of nitrogens with two attached hydrogens (primary N) is 1. The Morgan fingerprint density at radius 1 is 1.29 bits per heavy atom. The summed E-state index contributed by atoms with van der Waals surface area (Å²) in [6, 6.07) is 8.40. The van der Waals surface area contributed by atoms with Crippen molar-refractivity contribution in [2.45, 2.75) is 32.7 Å². The van der Waals surface area contributed by atoms with E-state index in [1.54, 1.807) is 13.8 Å². The summed E-state index contributed by atoms with van der Waals surface area (Å²) in [7, 11) is 0. The Labute approximate surface area is 140 Å². The van der Waals surface area contributed by atoms with Gasteiger partial charge in [0.2, 0.25) is 0 Å². The van der Waals surface area contributed by atoms with Gasteiger partial charge in [0, 0.05) is 0 Å². The summed E-state index contributed by atoms with van der Waals surface area (Å²) in [5.74, 6) is -1.03. The predicted molar refractivity (Wildman–Crippen MR) is 86.3 cm³/mol. The zero-order chi connectivity index (χ0) is 17.7. The second kappa shape index (κ2) is 8.05. The molecule has 1 heterocycles. The number of carbonyl (C=O) groups excluding carboxylic acids is 2. The van der Waals surface area contributed by atoms with Crippen molar-refractivity contribution < 1.29 is 24.2 Å². The number of benzene rings is 1. The number of allylic oxidation sites excluding steroid dienone is 1. The third-order valence-corrected chi connectivity index (χ3v) is 3.58. The molecule has 1 aliphatic rings. The first-order chi connectivity index (χ1) is 11.5. The summed E-state index contributed by atoms with van der Waals surface area (Å²) < 4.78 is 10.7. The Bertz CT molecular complexity index is 625. The van der Waals surface area contributed by atoms with Gasteiger partial charge in [0.05, 0.1) is 13.2 Å². The van der Waals surface area contributed by atoms with Crippen molar-refractivity contribution in [3.63, 3.8) is 0 Å². The molecule has 7 heteroatoms. The third-order valence-electron chi connectivity index (χ3n) is 3.58. The number of rotatable bonds is 7. The van der Waals surface area contributed by atoms with E-state index in [-0.39, 0.29) is 25.5 Å². The lowest BCUT2D eigenvalue weighted by molar-refractivity contribution is -0.179. The van der Waals surface area contributed by atoms with Gasteiger partial charge in [-0.15, -0.1) is 0 Å². The van der Waals surface area contributed by atoms with Gasteiger partial charge in [0.25, 0.3) is 5.91 Å². The minimum absolute atomic E-state index is 0.0251. The molecule has 0 radical (unpaired) electrons. The van der Waals surface area contributed by atoms with Crippen LogP contribution in [0.5, 0.6) is 0 Å². The van der Waals surface area contributed by atoms with Crippen molar-refractivity contribution in [3.8, 4) is 0 Å². The lowest BCUT2D eigenvalue weighted by atomic mass is 10.0. The molecule has 1 saturated heterocycles. The van der Waals surface area contributed by atoms with E-state index in [1.807, 2.05) is 30.3 Å². The summed E-state index contributed by atoms with van der Waals surface area (Å²) in [4.78, 5) is 25.7. The molecule has 24 heavy (non-hydrogen) atoms. The van der Waals surface area contributed by atoms with Crippen LogP contribution in [0.2, 0.25) is 0 Å². The first-order valence-electron chi connectivity index (χ1n) is 7.67. The Morgan fingerprint density at radius 2 is 1.96 bits per heavy atom. The quantitative estimate of drug-likeness (QED) is 0.428. The Morgan fingerprint density at radius 3 is 2.54 bits per heavy atom. The topological polar surface area (TPSA) is 102 Å². The molecule has 0 bridgehead atoms. The van der Waals surface area contributed by atoms with Crippen LogP contribution in [0.3, 0.4) is 0 Å². The number of amides is 1.